The van der Waals surface area contributed by atoms with E-state index in [9.17, 15) is 14.4 Å². The number of ether oxygens (including phenoxy) is 1. The second kappa shape index (κ2) is 10.2. The van der Waals surface area contributed by atoms with Crippen molar-refractivity contribution in [1.82, 2.24) is 0 Å². The number of aliphatic carboxylic acids is 1. The Labute approximate surface area is 121 Å². The largest absolute Gasteiger partial charge is 0.478 e. The van der Waals surface area contributed by atoms with Crippen molar-refractivity contribution in [3.8, 4) is 0 Å². The van der Waals surface area contributed by atoms with E-state index < -0.39 is 17.9 Å². The summed E-state index contributed by atoms with van der Waals surface area (Å²) in [7, 11) is 0. The highest BCUT2D eigenvalue weighted by Crippen LogP contribution is 2.11. The molecule has 7 nitrogen and oxygen atoms in total. The Hall–Kier alpha value is -2.67. The van der Waals surface area contributed by atoms with Crippen molar-refractivity contribution in [2.45, 2.75) is 13.8 Å². The summed E-state index contributed by atoms with van der Waals surface area (Å²) in [6.07, 6.45) is 2.56. The van der Waals surface area contributed by atoms with Crippen LogP contribution in [0, 0.1) is 0 Å². The van der Waals surface area contributed by atoms with Gasteiger partial charge < -0.3 is 9.84 Å². The van der Waals surface area contributed by atoms with Crippen LogP contribution >= 0.6 is 0 Å². The molecule has 0 spiro atoms. The summed E-state index contributed by atoms with van der Waals surface area (Å²) in [4.78, 5) is 35.5. The number of carboxylic acid groups (broad SMARTS) is 1. The predicted octanol–water partition coefficient (Wildman–Crippen LogP) is 2.14. The van der Waals surface area contributed by atoms with Crippen molar-refractivity contribution in [3.63, 3.8) is 0 Å². The number of carboxylic acids is 1. The lowest BCUT2D eigenvalue weighted by atomic mass is 10.1. The van der Waals surface area contributed by atoms with Crippen LogP contribution in [0.4, 0.5) is 0 Å². The van der Waals surface area contributed by atoms with Gasteiger partial charge in [-0.3, -0.25) is 4.89 Å². The number of hydrogen-bond acceptors (Lipinski definition) is 6. The van der Waals surface area contributed by atoms with E-state index >= 15 is 0 Å². The van der Waals surface area contributed by atoms with Gasteiger partial charge in [0.15, 0.2) is 0 Å². The van der Waals surface area contributed by atoms with E-state index in [0.29, 0.717) is 0 Å². The van der Waals surface area contributed by atoms with Crippen LogP contribution in [-0.2, 0) is 14.4 Å². The summed E-state index contributed by atoms with van der Waals surface area (Å²) in [6.45, 7) is 3.53. The van der Waals surface area contributed by atoms with Crippen LogP contribution in [0.5, 0.6) is 0 Å². The van der Waals surface area contributed by atoms with Gasteiger partial charge in [0.05, 0.1) is 17.7 Å². The lowest BCUT2D eigenvalue weighted by molar-refractivity contribution is -0.182. The zero-order valence-electron chi connectivity index (χ0n) is 11.6. The van der Waals surface area contributed by atoms with E-state index in [1.165, 1.54) is 18.2 Å². The SMILES string of the molecule is CC=CC(=O)O.CCOC(=O)c1ccccc1C(=O)OO. The van der Waals surface area contributed by atoms with E-state index in [4.69, 9.17) is 15.1 Å². The van der Waals surface area contributed by atoms with Gasteiger partial charge in [-0.25, -0.2) is 14.4 Å². The highest BCUT2D eigenvalue weighted by atomic mass is 17.1. The Bertz CT molecular complexity index is 520. The fraction of sp³-hybridized carbons (Fsp3) is 0.214. The lowest BCUT2D eigenvalue weighted by Gasteiger charge is -2.05. The Kier molecular flexibility index (Phi) is 8.87. The third-order valence-electron chi connectivity index (χ3n) is 2.03. The van der Waals surface area contributed by atoms with Crippen molar-refractivity contribution in [3.05, 3.63) is 47.5 Å². The number of benzene rings is 1. The first-order valence-corrected chi connectivity index (χ1v) is 5.95. The van der Waals surface area contributed by atoms with Gasteiger partial charge in [0.1, 0.15) is 0 Å². The van der Waals surface area contributed by atoms with Crippen molar-refractivity contribution in [2.75, 3.05) is 6.61 Å². The molecule has 7 heteroatoms. The number of allylic oxidation sites excluding steroid dienone is 1. The van der Waals surface area contributed by atoms with Crippen molar-refractivity contribution < 1.29 is 34.4 Å². The summed E-state index contributed by atoms with van der Waals surface area (Å²) in [6, 6.07) is 5.92. The highest BCUT2D eigenvalue weighted by Gasteiger charge is 2.18. The fourth-order valence-electron chi connectivity index (χ4n) is 1.24. The van der Waals surface area contributed by atoms with Gasteiger partial charge in [0, 0.05) is 6.08 Å². The third kappa shape index (κ3) is 6.88. The Morgan fingerprint density at radius 3 is 2.00 bits per heavy atom. The smallest absolute Gasteiger partial charge is 0.373 e. The molecule has 0 unspecified atom stereocenters. The summed E-state index contributed by atoms with van der Waals surface area (Å²) in [5.74, 6) is -2.50. The molecule has 114 valence electrons. The maximum absolute atomic E-state index is 11.4. The fourth-order valence-corrected chi connectivity index (χ4v) is 1.24. The quantitative estimate of drug-likeness (QED) is 0.379. The minimum Gasteiger partial charge on any atom is -0.478 e. The van der Waals surface area contributed by atoms with Gasteiger partial charge in [0.25, 0.3) is 0 Å². The molecule has 0 aromatic heterocycles. The number of hydrogen-bond donors (Lipinski definition) is 2. The number of esters is 1. The Balaban J connectivity index is 0.000000567. The summed E-state index contributed by atoms with van der Waals surface area (Å²) in [5.41, 5.74) is 0.0388. The number of rotatable bonds is 4. The Morgan fingerprint density at radius 2 is 1.67 bits per heavy atom. The maximum atomic E-state index is 11.4. The first kappa shape index (κ1) is 18.3. The monoisotopic (exact) mass is 296 g/mol. The molecule has 0 saturated carbocycles. The van der Waals surface area contributed by atoms with E-state index in [1.54, 1.807) is 26.0 Å². The molecule has 1 aromatic carbocycles. The van der Waals surface area contributed by atoms with Crippen LogP contribution in [0.3, 0.4) is 0 Å². The third-order valence-corrected chi connectivity index (χ3v) is 2.03. The van der Waals surface area contributed by atoms with Gasteiger partial charge in [-0.15, -0.1) is 0 Å². The maximum Gasteiger partial charge on any atom is 0.373 e. The molecule has 0 atom stereocenters. The van der Waals surface area contributed by atoms with Crippen molar-refractivity contribution >= 4 is 17.9 Å². The van der Waals surface area contributed by atoms with E-state index in [0.717, 1.165) is 6.08 Å². The molecule has 0 aliphatic rings. The van der Waals surface area contributed by atoms with E-state index in [-0.39, 0.29) is 17.7 Å². The molecule has 0 amide bonds. The predicted molar refractivity (Wildman–Crippen MR) is 72.9 cm³/mol. The average molecular weight is 296 g/mol. The molecule has 2 N–H and O–H groups in total. The average Bonchev–Trinajstić information content (AvgIpc) is 2.47. The normalized spacial score (nSPS) is 9.48. The van der Waals surface area contributed by atoms with Gasteiger partial charge in [-0.2, -0.15) is 5.26 Å². The van der Waals surface area contributed by atoms with Crippen molar-refractivity contribution in [2.24, 2.45) is 0 Å². The second-order valence-electron chi connectivity index (χ2n) is 3.48. The first-order valence-electron chi connectivity index (χ1n) is 5.95. The molecular formula is C14H16O7. The zero-order chi connectivity index (χ0) is 16.3. The molecule has 0 fully saturated rings. The molecule has 0 bridgehead atoms. The van der Waals surface area contributed by atoms with Crippen LogP contribution in [-0.4, -0.2) is 34.9 Å². The van der Waals surface area contributed by atoms with Crippen LogP contribution in [0.2, 0.25) is 0 Å². The molecular weight excluding hydrogens is 280 g/mol. The summed E-state index contributed by atoms with van der Waals surface area (Å²) >= 11 is 0. The number of carbonyl (C=O) groups is 3. The Morgan fingerprint density at radius 1 is 1.14 bits per heavy atom. The van der Waals surface area contributed by atoms with E-state index in [1.807, 2.05) is 0 Å². The molecule has 21 heavy (non-hydrogen) atoms. The standard InChI is InChI=1S/C10H10O5.C4H6O2/c1-2-14-9(11)7-5-3-4-6-8(7)10(12)15-13;1-2-3-4(5)6/h3-6,13H,2H2,1H3;2-3H,1H3,(H,5,6). The molecule has 0 radical (unpaired) electrons. The van der Waals surface area contributed by atoms with Crippen LogP contribution in [0.25, 0.3) is 0 Å². The van der Waals surface area contributed by atoms with Crippen LogP contribution in [0.15, 0.2) is 36.4 Å². The van der Waals surface area contributed by atoms with Gasteiger partial charge in [0.2, 0.25) is 0 Å². The minimum atomic E-state index is -0.987. The van der Waals surface area contributed by atoms with Gasteiger partial charge >= 0.3 is 17.9 Å². The molecule has 0 aliphatic carbocycles. The van der Waals surface area contributed by atoms with Crippen LogP contribution < -0.4 is 0 Å². The second-order valence-corrected chi connectivity index (χ2v) is 3.48. The molecule has 0 saturated heterocycles. The summed E-state index contributed by atoms with van der Waals surface area (Å²) < 4.78 is 4.73. The molecule has 0 heterocycles. The molecule has 0 aliphatic heterocycles. The number of carbonyl (C=O) groups excluding carboxylic acids is 2. The topological polar surface area (TPSA) is 110 Å². The van der Waals surface area contributed by atoms with Gasteiger partial charge in [-0.05, 0) is 26.0 Å². The highest BCUT2D eigenvalue weighted by molar-refractivity contribution is 6.02. The van der Waals surface area contributed by atoms with Crippen LogP contribution in [0.1, 0.15) is 34.6 Å². The summed E-state index contributed by atoms with van der Waals surface area (Å²) in [5, 5.41) is 16.0. The van der Waals surface area contributed by atoms with E-state index in [2.05, 4.69) is 4.89 Å². The minimum absolute atomic E-state index is 0.0292. The van der Waals surface area contributed by atoms with Crippen molar-refractivity contribution in [1.29, 1.82) is 0 Å². The molecule has 1 rings (SSSR count). The molecule has 1 aromatic rings. The zero-order valence-corrected chi connectivity index (χ0v) is 11.6. The first-order chi connectivity index (χ1) is 9.97. The van der Waals surface area contributed by atoms with Gasteiger partial charge in [-0.1, -0.05) is 18.2 Å². The lowest BCUT2D eigenvalue weighted by Crippen LogP contribution is -2.12.